The van der Waals surface area contributed by atoms with E-state index in [0.29, 0.717) is 0 Å². The van der Waals surface area contributed by atoms with Gasteiger partial charge in [0.25, 0.3) is 0 Å². The first-order valence-corrected chi connectivity index (χ1v) is 5.36. The lowest BCUT2D eigenvalue weighted by Gasteiger charge is -2.18. The summed E-state index contributed by atoms with van der Waals surface area (Å²) in [5.41, 5.74) is 5.84. The summed E-state index contributed by atoms with van der Waals surface area (Å²) >= 11 is 0. The average Bonchev–Trinajstić information content (AvgIpc) is 2.20. The molecule has 0 aliphatic carbocycles. The second-order valence-corrected chi connectivity index (χ2v) is 4.01. The lowest BCUT2D eigenvalue weighted by atomic mass is 10.3. The highest BCUT2D eigenvalue weighted by atomic mass is 19.4. The number of nitrogens with two attached hydrogens (primary N) is 1. The fourth-order valence-corrected chi connectivity index (χ4v) is 1.07. The second-order valence-electron chi connectivity index (χ2n) is 4.01. The summed E-state index contributed by atoms with van der Waals surface area (Å²) in [7, 11) is 0. The summed E-state index contributed by atoms with van der Waals surface area (Å²) in [6.45, 7) is 4.42. The molecule has 4 nitrogen and oxygen atoms in total. The fraction of sp³-hybridized carbons (Fsp3) is 0.545. The fourth-order valence-electron chi connectivity index (χ4n) is 1.07. The van der Waals surface area contributed by atoms with E-state index in [4.69, 9.17) is 10.5 Å². The predicted octanol–water partition coefficient (Wildman–Crippen LogP) is 2.78. The molecule has 0 saturated heterocycles. The normalized spacial score (nSPS) is 13.5. The van der Waals surface area contributed by atoms with Gasteiger partial charge in [0.15, 0.2) is 6.10 Å². The van der Waals surface area contributed by atoms with Crippen LogP contribution in [-0.4, -0.2) is 23.4 Å². The molecular formula is C11H15F3N2O2. The monoisotopic (exact) mass is 264 g/mol. The average molecular weight is 264 g/mol. The molecule has 0 fully saturated rings. The van der Waals surface area contributed by atoms with E-state index >= 15 is 0 Å². The number of rotatable bonds is 4. The summed E-state index contributed by atoms with van der Waals surface area (Å²) in [4.78, 5) is 3.80. The molecule has 0 amide bonds. The SMILES string of the molecule is CC(C)Oc1nc(OC(C)C(F)(F)F)ccc1N. The Morgan fingerprint density at radius 1 is 1.17 bits per heavy atom. The summed E-state index contributed by atoms with van der Waals surface area (Å²) in [5.74, 6) is -0.110. The minimum atomic E-state index is -4.44. The van der Waals surface area contributed by atoms with Gasteiger partial charge in [-0.25, -0.2) is 0 Å². The summed E-state index contributed by atoms with van der Waals surface area (Å²) in [5, 5.41) is 0. The lowest BCUT2D eigenvalue weighted by Crippen LogP contribution is -2.31. The van der Waals surface area contributed by atoms with E-state index in [1.165, 1.54) is 12.1 Å². The topological polar surface area (TPSA) is 57.4 Å². The number of pyridine rings is 1. The third-order valence-electron chi connectivity index (χ3n) is 1.97. The van der Waals surface area contributed by atoms with Crippen LogP contribution < -0.4 is 15.2 Å². The van der Waals surface area contributed by atoms with Gasteiger partial charge in [-0.15, -0.1) is 0 Å². The van der Waals surface area contributed by atoms with Crippen molar-refractivity contribution in [2.45, 2.75) is 39.2 Å². The molecule has 1 unspecified atom stereocenters. The Balaban J connectivity index is 2.85. The highest BCUT2D eigenvalue weighted by Gasteiger charge is 2.38. The molecule has 0 spiro atoms. The minimum absolute atomic E-state index is 0.0666. The zero-order valence-corrected chi connectivity index (χ0v) is 10.3. The van der Waals surface area contributed by atoms with Crippen molar-refractivity contribution >= 4 is 5.69 Å². The minimum Gasteiger partial charge on any atom is -0.473 e. The van der Waals surface area contributed by atoms with Crippen molar-refractivity contribution in [3.63, 3.8) is 0 Å². The van der Waals surface area contributed by atoms with Crippen LogP contribution in [0.2, 0.25) is 0 Å². The van der Waals surface area contributed by atoms with Gasteiger partial charge in [0, 0.05) is 6.07 Å². The van der Waals surface area contributed by atoms with E-state index in [-0.39, 0.29) is 23.6 Å². The largest absolute Gasteiger partial charge is 0.473 e. The quantitative estimate of drug-likeness (QED) is 0.908. The molecule has 0 bridgehead atoms. The van der Waals surface area contributed by atoms with E-state index in [9.17, 15) is 13.2 Å². The van der Waals surface area contributed by atoms with Crippen molar-refractivity contribution in [3.05, 3.63) is 12.1 Å². The molecule has 18 heavy (non-hydrogen) atoms. The predicted molar refractivity (Wildman–Crippen MR) is 60.6 cm³/mol. The summed E-state index contributed by atoms with van der Waals surface area (Å²) in [6, 6.07) is 2.66. The van der Waals surface area contributed by atoms with Gasteiger partial charge in [-0.05, 0) is 26.8 Å². The Kier molecular flexibility index (Phi) is 4.26. The van der Waals surface area contributed by atoms with Crippen molar-refractivity contribution in [1.29, 1.82) is 0 Å². The lowest BCUT2D eigenvalue weighted by molar-refractivity contribution is -0.190. The van der Waals surface area contributed by atoms with Gasteiger partial charge in [0.2, 0.25) is 11.8 Å². The molecule has 0 radical (unpaired) electrons. The van der Waals surface area contributed by atoms with Gasteiger partial charge in [-0.3, -0.25) is 0 Å². The first-order valence-electron chi connectivity index (χ1n) is 5.36. The van der Waals surface area contributed by atoms with Crippen LogP contribution in [0.25, 0.3) is 0 Å². The molecule has 0 aromatic carbocycles. The maximum Gasteiger partial charge on any atom is 0.425 e. The van der Waals surface area contributed by atoms with E-state index in [2.05, 4.69) is 9.72 Å². The molecule has 1 rings (SSSR count). The number of anilines is 1. The van der Waals surface area contributed by atoms with Crippen LogP contribution in [0.1, 0.15) is 20.8 Å². The van der Waals surface area contributed by atoms with Gasteiger partial charge >= 0.3 is 6.18 Å². The van der Waals surface area contributed by atoms with Crippen LogP contribution in [0.4, 0.5) is 18.9 Å². The Hall–Kier alpha value is -1.66. The number of ether oxygens (including phenoxy) is 2. The van der Waals surface area contributed by atoms with E-state index in [1.54, 1.807) is 13.8 Å². The Bertz CT molecular complexity index is 408. The van der Waals surface area contributed by atoms with Crippen LogP contribution in [0.15, 0.2) is 12.1 Å². The van der Waals surface area contributed by atoms with Gasteiger partial charge in [0.05, 0.1) is 11.8 Å². The first-order chi connectivity index (χ1) is 8.20. The molecule has 0 saturated carbocycles. The number of hydrogen-bond donors (Lipinski definition) is 1. The zero-order valence-electron chi connectivity index (χ0n) is 10.3. The van der Waals surface area contributed by atoms with Crippen LogP contribution >= 0.6 is 0 Å². The molecule has 0 aliphatic rings. The molecule has 1 heterocycles. The van der Waals surface area contributed by atoms with Crippen LogP contribution in [0.3, 0.4) is 0 Å². The smallest absolute Gasteiger partial charge is 0.425 e. The molecule has 1 aromatic heterocycles. The Morgan fingerprint density at radius 3 is 2.28 bits per heavy atom. The molecule has 1 atom stereocenters. The van der Waals surface area contributed by atoms with Crippen LogP contribution in [-0.2, 0) is 0 Å². The van der Waals surface area contributed by atoms with Crippen molar-refractivity contribution < 1.29 is 22.6 Å². The third-order valence-corrected chi connectivity index (χ3v) is 1.97. The van der Waals surface area contributed by atoms with Crippen molar-refractivity contribution in [2.24, 2.45) is 0 Å². The van der Waals surface area contributed by atoms with Crippen LogP contribution in [0.5, 0.6) is 11.8 Å². The van der Waals surface area contributed by atoms with Gasteiger partial charge in [-0.1, -0.05) is 0 Å². The number of hydrogen-bond acceptors (Lipinski definition) is 4. The number of nitrogen functional groups attached to an aromatic ring is 1. The highest BCUT2D eigenvalue weighted by molar-refractivity contribution is 5.49. The summed E-state index contributed by atoms with van der Waals surface area (Å²) < 4.78 is 46.9. The number of alkyl halides is 3. The van der Waals surface area contributed by atoms with Gasteiger partial charge < -0.3 is 15.2 Å². The summed E-state index contributed by atoms with van der Waals surface area (Å²) in [6.07, 6.45) is -6.57. The van der Waals surface area contributed by atoms with Crippen molar-refractivity contribution in [1.82, 2.24) is 4.98 Å². The van der Waals surface area contributed by atoms with E-state index < -0.39 is 12.3 Å². The highest BCUT2D eigenvalue weighted by Crippen LogP contribution is 2.27. The molecule has 102 valence electrons. The second kappa shape index (κ2) is 5.32. The number of halogens is 3. The Labute approximate surface area is 103 Å². The number of aromatic nitrogens is 1. The maximum atomic E-state index is 12.3. The molecule has 7 heteroatoms. The van der Waals surface area contributed by atoms with Crippen molar-refractivity contribution in [2.75, 3.05) is 5.73 Å². The number of nitrogens with zero attached hydrogens (tertiary/aromatic N) is 1. The molecular weight excluding hydrogens is 249 g/mol. The maximum absolute atomic E-state index is 12.3. The molecule has 2 N–H and O–H groups in total. The van der Waals surface area contributed by atoms with Crippen LogP contribution in [0, 0.1) is 0 Å². The van der Waals surface area contributed by atoms with Gasteiger partial charge in [-0.2, -0.15) is 18.2 Å². The Morgan fingerprint density at radius 2 is 1.78 bits per heavy atom. The van der Waals surface area contributed by atoms with E-state index in [1.807, 2.05) is 0 Å². The van der Waals surface area contributed by atoms with Crippen molar-refractivity contribution in [3.8, 4) is 11.8 Å². The molecule has 0 aliphatic heterocycles. The molecule has 1 aromatic rings. The van der Waals surface area contributed by atoms with Gasteiger partial charge in [0.1, 0.15) is 0 Å². The third kappa shape index (κ3) is 3.97. The zero-order chi connectivity index (χ0) is 13.9. The first kappa shape index (κ1) is 14.4. The standard InChI is InChI=1S/C11H15F3N2O2/c1-6(2)17-10-8(15)4-5-9(16-10)18-7(3)11(12,13)14/h4-7H,15H2,1-3H3. The van der Waals surface area contributed by atoms with E-state index in [0.717, 1.165) is 6.92 Å².